The van der Waals surface area contributed by atoms with E-state index in [1.807, 2.05) is 0 Å². The van der Waals surface area contributed by atoms with Crippen LogP contribution in [0.15, 0.2) is 45.6 Å². The highest BCUT2D eigenvalue weighted by atomic mass is 35.5. The van der Waals surface area contributed by atoms with Gasteiger partial charge in [-0.1, -0.05) is 23.2 Å². The molecule has 0 atom stereocenters. The molecule has 0 unspecified atom stereocenters. The predicted molar refractivity (Wildman–Crippen MR) is 76.7 cm³/mol. The minimum absolute atomic E-state index is 0.289. The summed E-state index contributed by atoms with van der Waals surface area (Å²) in [5.41, 5.74) is 1.52. The van der Waals surface area contributed by atoms with Crippen molar-refractivity contribution in [3.63, 3.8) is 0 Å². The van der Waals surface area contributed by atoms with Gasteiger partial charge in [0.25, 0.3) is 0 Å². The van der Waals surface area contributed by atoms with Crippen LogP contribution < -0.4 is 5.76 Å². The van der Waals surface area contributed by atoms with Gasteiger partial charge in [0.1, 0.15) is 0 Å². The molecule has 0 aliphatic carbocycles. The van der Waals surface area contributed by atoms with Crippen LogP contribution in [-0.2, 0) is 0 Å². The highest BCUT2D eigenvalue weighted by molar-refractivity contribution is 6.36. The second-order valence-electron chi connectivity index (χ2n) is 4.18. The lowest BCUT2D eigenvalue weighted by atomic mass is 10.0. The number of hydrogen-bond acceptors (Lipinski definition) is 3. The molecule has 0 aliphatic rings. The van der Waals surface area contributed by atoms with Crippen LogP contribution in [0.2, 0.25) is 10.0 Å². The summed E-state index contributed by atoms with van der Waals surface area (Å²) in [5, 5.41) is 0.738. The van der Waals surface area contributed by atoms with Gasteiger partial charge in [0, 0.05) is 16.1 Å². The molecular formula is C14H7Cl2NO3. The van der Waals surface area contributed by atoms with Crippen molar-refractivity contribution in [3.8, 4) is 0 Å². The van der Waals surface area contributed by atoms with Gasteiger partial charge in [-0.05, 0) is 36.4 Å². The van der Waals surface area contributed by atoms with E-state index in [2.05, 4.69) is 4.98 Å². The van der Waals surface area contributed by atoms with Crippen molar-refractivity contribution in [2.75, 3.05) is 0 Å². The number of nitrogens with one attached hydrogen (secondary N) is 1. The van der Waals surface area contributed by atoms with Crippen LogP contribution in [0, 0.1) is 0 Å². The van der Waals surface area contributed by atoms with Gasteiger partial charge >= 0.3 is 5.76 Å². The monoisotopic (exact) mass is 307 g/mol. The summed E-state index contributed by atoms with van der Waals surface area (Å²) in [5.74, 6) is -0.853. The van der Waals surface area contributed by atoms with Crippen LogP contribution in [0.3, 0.4) is 0 Å². The van der Waals surface area contributed by atoms with Crippen molar-refractivity contribution in [3.05, 3.63) is 68.1 Å². The Bertz CT molecular complexity index is 880. The van der Waals surface area contributed by atoms with E-state index in [-0.39, 0.29) is 5.78 Å². The van der Waals surface area contributed by atoms with Crippen molar-refractivity contribution in [2.45, 2.75) is 0 Å². The fourth-order valence-corrected chi connectivity index (χ4v) is 2.29. The molecule has 0 spiro atoms. The highest BCUT2D eigenvalue weighted by Crippen LogP contribution is 2.24. The van der Waals surface area contributed by atoms with E-state index in [1.54, 1.807) is 24.3 Å². The molecule has 6 heteroatoms. The zero-order valence-electron chi connectivity index (χ0n) is 9.94. The van der Waals surface area contributed by atoms with E-state index in [9.17, 15) is 9.59 Å². The molecule has 0 fully saturated rings. The number of oxazole rings is 1. The molecule has 3 aromatic rings. The molecule has 1 N–H and O–H groups in total. The number of benzene rings is 2. The molecule has 0 saturated carbocycles. The molecular weight excluding hydrogens is 301 g/mol. The number of carbonyl (C=O) groups is 1. The molecule has 1 heterocycles. The predicted octanol–water partition coefficient (Wildman–Crippen LogP) is 3.66. The van der Waals surface area contributed by atoms with Crippen molar-refractivity contribution in [1.29, 1.82) is 0 Å². The van der Waals surface area contributed by atoms with Crippen LogP contribution in [0.5, 0.6) is 0 Å². The van der Waals surface area contributed by atoms with Crippen LogP contribution in [0.25, 0.3) is 11.1 Å². The van der Waals surface area contributed by atoms with Gasteiger partial charge in [0.2, 0.25) is 0 Å². The van der Waals surface area contributed by atoms with Crippen molar-refractivity contribution in [2.24, 2.45) is 0 Å². The molecule has 0 radical (unpaired) electrons. The molecule has 0 amide bonds. The molecule has 0 aliphatic heterocycles. The third kappa shape index (κ3) is 2.24. The summed E-state index contributed by atoms with van der Waals surface area (Å²) < 4.78 is 4.93. The van der Waals surface area contributed by atoms with Crippen LogP contribution in [0.1, 0.15) is 15.9 Å². The second-order valence-corrected chi connectivity index (χ2v) is 5.02. The Labute approximate surface area is 122 Å². The Morgan fingerprint density at radius 2 is 1.90 bits per heavy atom. The maximum Gasteiger partial charge on any atom is 0.417 e. The SMILES string of the molecule is O=C(c1ccc2[nH]c(=O)oc2c1)c1cc(Cl)ccc1Cl. The number of aromatic nitrogens is 1. The number of carbonyl (C=O) groups excluding carboxylic acids is 1. The average Bonchev–Trinajstić information content (AvgIpc) is 2.79. The summed E-state index contributed by atoms with van der Waals surface area (Å²) in [7, 11) is 0. The third-order valence-corrected chi connectivity index (χ3v) is 3.42. The van der Waals surface area contributed by atoms with E-state index in [0.717, 1.165) is 0 Å². The van der Waals surface area contributed by atoms with E-state index in [1.165, 1.54) is 12.1 Å². The third-order valence-electron chi connectivity index (χ3n) is 2.86. The molecule has 3 rings (SSSR count). The number of ketones is 1. The van der Waals surface area contributed by atoms with Gasteiger partial charge in [-0.3, -0.25) is 9.78 Å². The first-order valence-corrected chi connectivity index (χ1v) is 6.43. The van der Waals surface area contributed by atoms with Gasteiger partial charge in [0.05, 0.1) is 10.5 Å². The smallest absolute Gasteiger partial charge is 0.408 e. The van der Waals surface area contributed by atoms with Crippen LogP contribution in [0.4, 0.5) is 0 Å². The zero-order chi connectivity index (χ0) is 14.3. The van der Waals surface area contributed by atoms with Gasteiger partial charge in [-0.15, -0.1) is 0 Å². The standard InChI is InChI=1S/C14H7Cl2NO3/c15-8-2-3-10(16)9(6-8)13(18)7-1-4-11-12(5-7)20-14(19)17-11/h1-6H,(H,17,19). The number of H-pyrrole nitrogens is 1. The zero-order valence-corrected chi connectivity index (χ0v) is 11.5. The highest BCUT2D eigenvalue weighted by Gasteiger charge is 2.15. The van der Waals surface area contributed by atoms with E-state index in [4.69, 9.17) is 27.6 Å². The minimum atomic E-state index is -0.564. The first-order valence-electron chi connectivity index (χ1n) is 5.67. The molecule has 4 nitrogen and oxygen atoms in total. The largest absolute Gasteiger partial charge is 0.417 e. The van der Waals surface area contributed by atoms with Crippen LogP contribution in [-0.4, -0.2) is 10.8 Å². The molecule has 100 valence electrons. The summed E-state index contributed by atoms with van der Waals surface area (Å²) in [6.07, 6.45) is 0. The first-order chi connectivity index (χ1) is 9.54. The van der Waals surface area contributed by atoms with Gasteiger partial charge in [0.15, 0.2) is 11.4 Å². The van der Waals surface area contributed by atoms with Crippen molar-refractivity contribution < 1.29 is 9.21 Å². The number of aromatic amines is 1. The number of fused-ring (bicyclic) bond motifs is 1. The lowest BCUT2D eigenvalue weighted by Gasteiger charge is -2.04. The fraction of sp³-hybridized carbons (Fsp3) is 0. The summed E-state index contributed by atoms with van der Waals surface area (Å²) in [6.45, 7) is 0. The quantitative estimate of drug-likeness (QED) is 0.735. The van der Waals surface area contributed by atoms with Crippen molar-refractivity contribution in [1.82, 2.24) is 4.98 Å². The lowest BCUT2D eigenvalue weighted by molar-refractivity contribution is 0.103. The average molecular weight is 308 g/mol. The molecule has 0 bridgehead atoms. The summed E-state index contributed by atoms with van der Waals surface area (Å²) in [4.78, 5) is 26.0. The summed E-state index contributed by atoms with van der Waals surface area (Å²) >= 11 is 11.9. The maximum atomic E-state index is 12.4. The number of rotatable bonds is 2. The minimum Gasteiger partial charge on any atom is -0.408 e. The molecule has 1 aromatic heterocycles. The molecule has 2 aromatic carbocycles. The van der Waals surface area contributed by atoms with E-state index >= 15 is 0 Å². The van der Waals surface area contributed by atoms with Gasteiger partial charge in [-0.25, -0.2) is 4.79 Å². The van der Waals surface area contributed by atoms with Gasteiger partial charge in [-0.2, -0.15) is 0 Å². The Morgan fingerprint density at radius 1 is 1.10 bits per heavy atom. The Morgan fingerprint density at radius 3 is 2.70 bits per heavy atom. The Balaban J connectivity index is 2.12. The van der Waals surface area contributed by atoms with Gasteiger partial charge < -0.3 is 4.42 Å². The molecule has 0 saturated heterocycles. The normalized spacial score (nSPS) is 10.9. The number of hydrogen-bond donors (Lipinski definition) is 1. The second kappa shape index (κ2) is 4.81. The molecule has 20 heavy (non-hydrogen) atoms. The van der Waals surface area contributed by atoms with Crippen molar-refractivity contribution >= 4 is 40.1 Å². The maximum absolute atomic E-state index is 12.4. The Kier molecular flexibility index (Phi) is 3.12. The van der Waals surface area contributed by atoms with E-state index < -0.39 is 5.76 Å². The first kappa shape index (κ1) is 13.0. The van der Waals surface area contributed by atoms with E-state index in [0.29, 0.717) is 32.3 Å². The summed E-state index contributed by atoms with van der Waals surface area (Å²) in [6, 6.07) is 9.36. The lowest BCUT2D eigenvalue weighted by Crippen LogP contribution is -2.02. The number of halogens is 2. The fourth-order valence-electron chi connectivity index (χ4n) is 1.91. The topological polar surface area (TPSA) is 63.1 Å². The Hall–Kier alpha value is -2.04. The van der Waals surface area contributed by atoms with Crippen LogP contribution >= 0.6 is 23.2 Å².